The van der Waals surface area contributed by atoms with Crippen LogP contribution in [0.5, 0.6) is 0 Å². The molecule has 0 amide bonds. The maximum absolute atomic E-state index is 5.91. The van der Waals surface area contributed by atoms with E-state index < -0.39 is 0 Å². The minimum atomic E-state index is 0.653. The van der Waals surface area contributed by atoms with Crippen molar-refractivity contribution in [3.63, 3.8) is 0 Å². The molecule has 20 heavy (non-hydrogen) atoms. The molecule has 3 N–H and O–H groups in total. The van der Waals surface area contributed by atoms with E-state index in [0.29, 0.717) is 11.5 Å². The Balaban J connectivity index is 2.24. The Morgan fingerprint density at radius 2 is 1.95 bits per heavy atom. The molecule has 0 radical (unpaired) electrons. The Kier molecular flexibility index (Phi) is 4.45. The lowest BCUT2D eigenvalue weighted by atomic mass is 10.1. The number of nitrogens with two attached hydrogens (primary N) is 1. The molecule has 1 aromatic heterocycles. The molecule has 106 valence electrons. The van der Waals surface area contributed by atoms with E-state index in [4.69, 9.17) is 5.73 Å². The molecule has 0 aliphatic carbocycles. The van der Waals surface area contributed by atoms with Crippen LogP contribution in [0.15, 0.2) is 36.5 Å². The van der Waals surface area contributed by atoms with Crippen molar-refractivity contribution >= 4 is 22.9 Å². The molecular weight excluding hydrogens is 248 g/mol. The van der Waals surface area contributed by atoms with Crippen LogP contribution in [0.1, 0.15) is 19.4 Å². The van der Waals surface area contributed by atoms with E-state index in [-0.39, 0.29) is 0 Å². The van der Waals surface area contributed by atoms with E-state index in [1.807, 2.05) is 12.1 Å². The van der Waals surface area contributed by atoms with Crippen LogP contribution < -0.4 is 16.0 Å². The molecule has 0 fully saturated rings. The number of aryl methyl sites for hydroxylation is 1. The first kappa shape index (κ1) is 14.2. The monoisotopic (exact) mass is 270 g/mol. The molecule has 0 aliphatic rings. The molecular formula is C16H22N4. The van der Waals surface area contributed by atoms with Gasteiger partial charge in [0, 0.05) is 30.7 Å². The van der Waals surface area contributed by atoms with Crippen molar-refractivity contribution in [1.82, 2.24) is 4.98 Å². The third-order valence-electron chi connectivity index (χ3n) is 3.43. The summed E-state index contributed by atoms with van der Waals surface area (Å²) in [4.78, 5) is 6.58. The Bertz CT molecular complexity index is 576. The Labute approximate surface area is 120 Å². The summed E-state index contributed by atoms with van der Waals surface area (Å²) in [5.74, 6) is 0.700. The topological polar surface area (TPSA) is 54.2 Å². The lowest BCUT2D eigenvalue weighted by Crippen LogP contribution is -2.21. The third kappa shape index (κ3) is 3.02. The molecule has 4 nitrogen and oxygen atoms in total. The maximum Gasteiger partial charge on any atom is 0.153 e. The first-order chi connectivity index (χ1) is 9.65. The van der Waals surface area contributed by atoms with E-state index in [0.717, 1.165) is 18.8 Å². The molecule has 0 spiro atoms. The van der Waals surface area contributed by atoms with E-state index >= 15 is 0 Å². The number of nitrogen functional groups attached to an aromatic ring is 1. The first-order valence-corrected chi connectivity index (χ1v) is 6.98. The quantitative estimate of drug-likeness (QED) is 0.872. The summed E-state index contributed by atoms with van der Waals surface area (Å²) in [7, 11) is 0. The highest BCUT2D eigenvalue weighted by atomic mass is 15.1. The average Bonchev–Trinajstić information content (AvgIpc) is 2.45. The highest BCUT2D eigenvalue weighted by Gasteiger charge is 2.06. The Morgan fingerprint density at radius 3 is 2.55 bits per heavy atom. The second kappa shape index (κ2) is 6.28. The van der Waals surface area contributed by atoms with Crippen LogP contribution in [0, 0.1) is 6.92 Å². The van der Waals surface area contributed by atoms with E-state index in [1.54, 1.807) is 6.20 Å². The van der Waals surface area contributed by atoms with E-state index in [2.05, 4.69) is 54.2 Å². The average molecular weight is 270 g/mol. The van der Waals surface area contributed by atoms with Gasteiger partial charge >= 0.3 is 0 Å². The number of aromatic nitrogens is 1. The van der Waals surface area contributed by atoms with Crippen LogP contribution in [-0.4, -0.2) is 18.1 Å². The molecule has 0 bridgehead atoms. The number of hydrogen-bond acceptors (Lipinski definition) is 4. The fraction of sp³-hybridized carbons (Fsp3) is 0.312. The van der Waals surface area contributed by atoms with Gasteiger partial charge in [-0.2, -0.15) is 0 Å². The SMILES string of the molecule is CCN(CC)c1ccc(Nc2ncccc2N)c(C)c1. The second-order valence-corrected chi connectivity index (χ2v) is 4.74. The second-order valence-electron chi connectivity index (χ2n) is 4.74. The van der Waals surface area contributed by atoms with Crippen molar-refractivity contribution in [2.24, 2.45) is 0 Å². The molecule has 2 aromatic rings. The zero-order chi connectivity index (χ0) is 14.5. The standard InChI is InChI=1S/C16H22N4/c1-4-20(5-2)13-8-9-15(12(3)11-13)19-16-14(17)7-6-10-18-16/h6-11H,4-5,17H2,1-3H3,(H,18,19). The number of nitrogens with zero attached hydrogens (tertiary/aromatic N) is 2. The zero-order valence-electron chi connectivity index (χ0n) is 12.4. The van der Waals surface area contributed by atoms with Crippen molar-refractivity contribution in [2.45, 2.75) is 20.8 Å². The number of benzene rings is 1. The number of nitrogens with one attached hydrogen (secondary N) is 1. The number of hydrogen-bond donors (Lipinski definition) is 2. The summed E-state index contributed by atoms with van der Waals surface area (Å²) in [6.45, 7) is 8.44. The van der Waals surface area contributed by atoms with Gasteiger partial charge in [0.25, 0.3) is 0 Å². The highest BCUT2D eigenvalue weighted by Crippen LogP contribution is 2.26. The predicted molar refractivity (Wildman–Crippen MR) is 86.7 cm³/mol. The predicted octanol–water partition coefficient (Wildman–Crippen LogP) is 3.56. The lowest BCUT2D eigenvalue weighted by molar-refractivity contribution is 0.866. The van der Waals surface area contributed by atoms with Gasteiger partial charge in [-0.3, -0.25) is 0 Å². The van der Waals surface area contributed by atoms with Crippen LogP contribution in [0.3, 0.4) is 0 Å². The van der Waals surface area contributed by atoms with E-state index in [1.165, 1.54) is 11.3 Å². The van der Waals surface area contributed by atoms with Gasteiger partial charge in [0.15, 0.2) is 5.82 Å². The number of rotatable bonds is 5. The number of pyridine rings is 1. The Morgan fingerprint density at radius 1 is 1.20 bits per heavy atom. The van der Waals surface area contributed by atoms with Gasteiger partial charge < -0.3 is 16.0 Å². The van der Waals surface area contributed by atoms with Crippen molar-refractivity contribution in [2.75, 3.05) is 29.0 Å². The summed E-state index contributed by atoms with van der Waals surface area (Å²) in [6, 6.07) is 10.1. The highest BCUT2D eigenvalue weighted by molar-refractivity contribution is 5.71. The van der Waals surface area contributed by atoms with Crippen LogP contribution >= 0.6 is 0 Å². The molecule has 2 rings (SSSR count). The van der Waals surface area contributed by atoms with Crippen LogP contribution in [0.4, 0.5) is 22.9 Å². The van der Waals surface area contributed by atoms with Crippen LogP contribution in [-0.2, 0) is 0 Å². The largest absolute Gasteiger partial charge is 0.396 e. The van der Waals surface area contributed by atoms with Gasteiger partial charge in [-0.15, -0.1) is 0 Å². The molecule has 4 heteroatoms. The van der Waals surface area contributed by atoms with Crippen molar-refractivity contribution in [1.29, 1.82) is 0 Å². The van der Waals surface area contributed by atoms with Gasteiger partial charge in [-0.05, 0) is 56.7 Å². The summed E-state index contributed by atoms with van der Waals surface area (Å²) in [6.07, 6.45) is 1.73. The van der Waals surface area contributed by atoms with Gasteiger partial charge in [-0.25, -0.2) is 4.98 Å². The zero-order valence-corrected chi connectivity index (χ0v) is 12.4. The molecule has 1 heterocycles. The molecule has 0 saturated heterocycles. The van der Waals surface area contributed by atoms with Crippen LogP contribution in [0.2, 0.25) is 0 Å². The van der Waals surface area contributed by atoms with Crippen molar-refractivity contribution in [3.05, 3.63) is 42.1 Å². The lowest BCUT2D eigenvalue weighted by Gasteiger charge is -2.22. The van der Waals surface area contributed by atoms with Gasteiger partial charge in [0.2, 0.25) is 0 Å². The molecule has 0 aliphatic heterocycles. The van der Waals surface area contributed by atoms with Gasteiger partial charge in [-0.1, -0.05) is 0 Å². The number of anilines is 4. The smallest absolute Gasteiger partial charge is 0.153 e. The van der Waals surface area contributed by atoms with Gasteiger partial charge in [0.05, 0.1) is 5.69 Å². The first-order valence-electron chi connectivity index (χ1n) is 6.98. The fourth-order valence-electron chi connectivity index (χ4n) is 2.22. The van der Waals surface area contributed by atoms with Gasteiger partial charge in [0.1, 0.15) is 0 Å². The molecule has 0 saturated carbocycles. The third-order valence-corrected chi connectivity index (χ3v) is 3.43. The van der Waals surface area contributed by atoms with Crippen molar-refractivity contribution in [3.8, 4) is 0 Å². The van der Waals surface area contributed by atoms with E-state index in [9.17, 15) is 0 Å². The summed E-state index contributed by atoms with van der Waals surface area (Å²) in [5, 5.41) is 3.29. The molecule has 1 aromatic carbocycles. The molecule has 0 atom stereocenters. The maximum atomic E-state index is 5.91. The van der Waals surface area contributed by atoms with Crippen molar-refractivity contribution < 1.29 is 0 Å². The summed E-state index contributed by atoms with van der Waals surface area (Å²) in [5.41, 5.74) is 10.0. The summed E-state index contributed by atoms with van der Waals surface area (Å²) >= 11 is 0. The minimum Gasteiger partial charge on any atom is -0.396 e. The minimum absolute atomic E-state index is 0.653. The normalized spacial score (nSPS) is 10.3. The molecule has 0 unspecified atom stereocenters. The van der Waals surface area contributed by atoms with Crippen LogP contribution in [0.25, 0.3) is 0 Å². The summed E-state index contributed by atoms with van der Waals surface area (Å²) < 4.78 is 0. The Hall–Kier alpha value is -2.23. The fourth-order valence-corrected chi connectivity index (χ4v) is 2.22.